The van der Waals surface area contributed by atoms with Crippen molar-refractivity contribution in [3.05, 3.63) is 35.4 Å². The standard InChI is InChI=1S/C11H14INO2/c1-8-3-2-4-9(5-8)6-10(13-12)7-11(14)15/h2-5,10,13H,6-7H2,1H3,(H,14,15). The number of hydrogen-bond donors (Lipinski definition) is 2. The molecule has 0 amide bonds. The maximum absolute atomic E-state index is 10.6. The lowest BCUT2D eigenvalue weighted by atomic mass is 10.0. The van der Waals surface area contributed by atoms with Crippen molar-refractivity contribution in [1.29, 1.82) is 0 Å². The third-order valence-electron chi connectivity index (χ3n) is 2.14. The first-order valence-corrected chi connectivity index (χ1v) is 5.83. The Labute approximate surface area is 103 Å². The van der Waals surface area contributed by atoms with Gasteiger partial charge in [0.1, 0.15) is 0 Å². The lowest BCUT2D eigenvalue weighted by Gasteiger charge is -2.12. The van der Waals surface area contributed by atoms with Gasteiger partial charge in [0.15, 0.2) is 0 Å². The molecule has 0 aromatic heterocycles. The van der Waals surface area contributed by atoms with Crippen LogP contribution in [0.1, 0.15) is 17.5 Å². The third-order valence-corrected chi connectivity index (χ3v) is 3.02. The van der Waals surface area contributed by atoms with Gasteiger partial charge in [-0.05, 0) is 18.9 Å². The van der Waals surface area contributed by atoms with Crippen molar-refractivity contribution in [2.75, 3.05) is 0 Å². The minimum absolute atomic E-state index is 0.00935. The van der Waals surface area contributed by atoms with Crippen LogP contribution in [0.2, 0.25) is 0 Å². The highest BCUT2D eigenvalue weighted by molar-refractivity contribution is 14.1. The highest BCUT2D eigenvalue weighted by Crippen LogP contribution is 2.09. The molecule has 0 heterocycles. The van der Waals surface area contributed by atoms with E-state index in [0.717, 1.165) is 6.42 Å². The number of aliphatic carboxylic acids is 1. The molecule has 15 heavy (non-hydrogen) atoms. The van der Waals surface area contributed by atoms with Crippen LogP contribution in [0.4, 0.5) is 0 Å². The van der Waals surface area contributed by atoms with Crippen LogP contribution in [0.15, 0.2) is 24.3 Å². The first-order chi connectivity index (χ1) is 7.11. The lowest BCUT2D eigenvalue weighted by molar-refractivity contribution is -0.137. The van der Waals surface area contributed by atoms with E-state index in [0.29, 0.717) is 0 Å². The summed E-state index contributed by atoms with van der Waals surface area (Å²) in [6, 6.07) is 8.13. The van der Waals surface area contributed by atoms with Gasteiger partial charge in [-0.25, -0.2) is 0 Å². The van der Waals surface area contributed by atoms with Crippen LogP contribution >= 0.6 is 22.9 Å². The van der Waals surface area contributed by atoms with Crippen LogP contribution in [-0.2, 0) is 11.2 Å². The summed E-state index contributed by atoms with van der Waals surface area (Å²) in [5.41, 5.74) is 2.38. The van der Waals surface area contributed by atoms with Gasteiger partial charge in [-0.15, -0.1) is 0 Å². The predicted octanol–water partition coefficient (Wildman–Crippen LogP) is 2.32. The maximum Gasteiger partial charge on any atom is 0.304 e. The van der Waals surface area contributed by atoms with Crippen LogP contribution in [-0.4, -0.2) is 17.1 Å². The fraction of sp³-hybridized carbons (Fsp3) is 0.364. The molecule has 0 saturated carbocycles. The van der Waals surface area contributed by atoms with Gasteiger partial charge < -0.3 is 5.11 Å². The number of rotatable bonds is 5. The molecule has 3 nitrogen and oxygen atoms in total. The second-order valence-corrected chi connectivity index (χ2v) is 4.22. The molecule has 1 unspecified atom stereocenters. The molecule has 0 aliphatic rings. The summed E-state index contributed by atoms with van der Waals surface area (Å²) in [5.74, 6) is -0.767. The van der Waals surface area contributed by atoms with Crippen molar-refractivity contribution < 1.29 is 9.90 Å². The SMILES string of the molecule is Cc1cccc(CC(CC(=O)O)NI)c1. The Morgan fingerprint density at radius 1 is 1.60 bits per heavy atom. The van der Waals surface area contributed by atoms with Gasteiger partial charge in [-0.1, -0.05) is 29.8 Å². The van der Waals surface area contributed by atoms with Crippen LogP contribution in [0, 0.1) is 6.92 Å². The number of carboxylic acids is 1. The van der Waals surface area contributed by atoms with E-state index in [-0.39, 0.29) is 12.5 Å². The normalized spacial score (nSPS) is 12.4. The van der Waals surface area contributed by atoms with Gasteiger partial charge in [0.25, 0.3) is 0 Å². The molecule has 2 N–H and O–H groups in total. The number of carboxylic acid groups (broad SMARTS) is 1. The third kappa shape index (κ3) is 4.61. The Morgan fingerprint density at radius 3 is 2.87 bits per heavy atom. The van der Waals surface area contributed by atoms with Gasteiger partial charge in [0.05, 0.1) is 6.42 Å². The molecule has 0 bridgehead atoms. The Kier molecular flexibility index (Phi) is 5.04. The number of hydrogen-bond acceptors (Lipinski definition) is 2. The maximum atomic E-state index is 10.6. The fourth-order valence-electron chi connectivity index (χ4n) is 1.48. The van der Waals surface area contributed by atoms with Crippen molar-refractivity contribution in [3.8, 4) is 0 Å². The molecule has 1 aromatic carbocycles. The Bertz CT molecular complexity index is 341. The molecule has 0 fully saturated rings. The largest absolute Gasteiger partial charge is 0.481 e. The summed E-state index contributed by atoms with van der Waals surface area (Å²) >= 11 is 2.00. The van der Waals surface area contributed by atoms with E-state index in [9.17, 15) is 4.79 Å². The van der Waals surface area contributed by atoms with Crippen molar-refractivity contribution >= 4 is 28.8 Å². The number of aryl methyl sites for hydroxylation is 1. The highest BCUT2D eigenvalue weighted by Gasteiger charge is 2.12. The molecular weight excluding hydrogens is 305 g/mol. The van der Waals surface area contributed by atoms with Crippen LogP contribution < -0.4 is 3.53 Å². The van der Waals surface area contributed by atoms with Gasteiger partial charge in [0.2, 0.25) is 0 Å². The molecule has 1 rings (SSSR count). The summed E-state index contributed by atoms with van der Waals surface area (Å²) in [5, 5.41) is 8.70. The molecule has 82 valence electrons. The van der Waals surface area contributed by atoms with Crippen LogP contribution in [0.3, 0.4) is 0 Å². The smallest absolute Gasteiger partial charge is 0.304 e. The summed E-state index contributed by atoms with van der Waals surface area (Å²) in [7, 11) is 0. The molecule has 0 radical (unpaired) electrons. The molecule has 4 heteroatoms. The molecule has 1 aromatic rings. The summed E-state index contributed by atoms with van der Waals surface area (Å²) in [6.07, 6.45) is 0.897. The van der Waals surface area contributed by atoms with Crippen LogP contribution in [0.25, 0.3) is 0 Å². The fourth-order valence-corrected chi connectivity index (χ4v) is 1.92. The number of nitrogens with one attached hydrogen (secondary N) is 1. The van der Waals surface area contributed by atoms with Crippen LogP contribution in [0.5, 0.6) is 0 Å². The molecule has 0 saturated heterocycles. The number of halogens is 1. The minimum Gasteiger partial charge on any atom is -0.481 e. The molecular formula is C11H14INO2. The first kappa shape index (κ1) is 12.4. The molecule has 0 spiro atoms. The zero-order valence-electron chi connectivity index (χ0n) is 8.53. The summed E-state index contributed by atoms with van der Waals surface area (Å²) < 4.78 is 2.99. The Hall–Kier alpha value is -0.620. The van der Waals surface area contributed by atoms with E-state index < -0.39 is 5.97 Å². The molecule has 1 atom stereocenters. The number of benzene rings is 1. The highest BCUT2D eigenvalue weighted by atomic mass is 127. The Balaban J connectivity index is 2.62. The zero-order chi connectivity index (χ0) is 11.3. The van der Waals surface area contributed by atoms with Gasteiger partial charge in [-0.2, -0.15) is 0 Å². The summed E-state index contributed by atoms with van der Waals surface area (Å²) in [4.78, 5) is 10.6. The van der Waals surface area contributed by atoms with E-state index in [1.54, 1.807) is 0 Å². The topological polar surface area (TPSA) is 49.3 Å². The van der Waals surface area contributed by atoms with Gasteiger partial charge in [0, 0.05) is 28.9 Å². The van der Waals surface area contributed by atoms with Crippen molar-refractivity contribution in [2.24, 2.45) is 0 Å². The second kappa shape index (κ2) is 6.07. The average Bonchev–Trinajstić information content (AvgIpc) is 2.16. The lowest BCUT2D eigenvalue weighted by Crippen LogP contribution is -2.26. The summed E-state index contributed by atoms with van der Waals surface area (Å²) in [6.45, 7) is 2.03. The van der Waals surface area contributed by atoms with Gasteiger partial charge in [-0.3, -0.25) is 8.32 Å². The average molecular weight is 319 g/mol. The first-order valence-electron chi connectivity index (χ1n) is 4.75. The van der Waals surface area contributed by atoms with Crippen molar-refractivity contribution in [2.45, 2.75) is 25.8 Å². The van der Waals surface area contributed by atoms with E-state index in [1.165, 1.54) is 11.1 Å². The van der Waals surface area contributed by atoms with E-state index in [1.807, 2.05) is 48.0 Å². The second-order valence-electron chi connectivity index (χ2n) is 3.60. The van der Waals surface area contributed by atoms with E-state index >= 15 is 0 Å². The molecule has 0 aliphatic heterocycles. The molecule has 0 aliphatic carbocycles. The Morgan fingerprint density at radius 2 is 2.33 bits per heavy atom. The quantitative estimate of drug-likeness (QED) is 0.647. The van der Waals surface area contributed by atoms with Gasteiger partial charge >= 0.3 is 5.97 Å². The number of carbonyl (C=O) groups is 1. The van der Waals surface area contributed by atoms with Crippen molar-refractivity contribution in [3.63, 3.8) is 0 Å². The van der Waals surface area contributed by atoms with E-state index in [4.69, 9.17) is 5.11 Å². The zero-order valence-corrected chi connectivity index (χ0v) is 10.7. The van der Waals surface area contributed by atoms with E-state index in [2.05, 4.69) is 9.60 Å². The minimum atomic E-state index is -0.767. The predicted molar refractivity (Wildman–Crippen MR) is 68.1 cm³/mol. The monoisotopic (exact) mass is 319 g/mol. The van der Waals surface area contributed by atoms with Crippen molar-refractivity contribution in [1.82, 2.24) is 3.53 Å².